The van der Waals surface area contributed by atoms with Gasteiger partial charge < -0.3 is 20.1 Å². The number of aliphatic imine (C=N–C) groups is 1. The van der Waals surface area contributed by atoms with E-state index in [9.17, 15) is 0 Å². The van der Waals surface area contributed by atoms with Gasteiger partial charge in [-0.05, 0) is 18.6 Å². The fourth-order valence-electron chi connectivity index (χ4n) is 2.37. The first-order valence-corrected chi connectivity index (χ1v) is 8.04. The summed E-state index contributed by atoms with van der Waals surface area (Å²) in [4.78, 5) is 4.62. The number of halogens is 1. The molecule has 25 heavy (non-hydrogen) atoms. The number of rotatable bonds is 7. The summed E-state index contributed by atoms with van der Waals surface area (Å²) in [6.45, 7) is 4.08. The first-order valence-electron chi connectivity index (χ1n) is 8.04. The number of para-hydroxylation sites is 1. The van der Waals surface area contributed by atoms with Crippen molar-refractivity contribution in [1.82, 2.24) is 10.6 Å². The summed E-state index contributed by atoms with van der Waals surface area (Å²) < 4.78 is 10.8. The van der Waals surface area contributed by atoms with Gasteiger partial charge in [0.1, 0.15) is 0 Å². The Balaban J connectivity index is 0.00000312. The van der Waals surface area contributed by atoms with E-state index in [1.165, 1.54) is 5.56 Å². The van der Waals surface area contributed by atoms with Crippen molar-refractivity contribution in [3.8, 4) is 11.5 Å². The van der Waals surface area contributed by atoms with Crippen molar-refractivity contribution < 1.29 is 9.47 Å². The number of hydrogen-bond donors (Lipinski definition) is 2. The monoisotopic (exact) mass is 455 g/mol. The molecule has 0 unspecified atom stereocenters. The third-order valence-corrected chi connectivity index (χ3v) is 3.54. The van der Waals surface area contributed by atoms with Crippen LogP contribution in [0.1, 0.15) is 18.1 Å². The van der Waals surface area contributed by atoms with Gasteiger partial charge in [-0.25, -0.2) is 4.99 Å². The van der Waals surface area contributed by atoms with E-state index >= 15 is 0 Å². The second-order valence-corrected chi connectivity index (χ2v) is 5.19. The highest BCUT2D eigenvalue weighted by atomic mass is 127. The van der Waals surface area contributed by atoms with Crippen molar-refractivity contribution in [2.45, 2.75) is 20.0 Å². The largest absolute Gasteiger partial charge is 0.493 e. The minimum atomic E-state index is 0. The molecule has 0 aliphatic heterocycles. The predicted octanol–water partition coefficient (Wildman–Crippen LogP) is 3.58. The summed E-state index contributed by atoms with van der Waals surface area (Å²) in [5.74, 6) is 2.24. The SMILES string of the molecule is CCNC(=NCc1ccccc1)NCc1cccc(OC)c1OC.I. The summed E-state index contributed by atoms with van der Waals surface area (Å²) in [6, 6.07) is 16.0. The van der Waals surface area contributed by atoms with E-state index in [1.807, 2.05) is 43.3 Å². The summed E-state index contributed by atoms with van der Waals surface area (Å²) >= 11 is 0. The fourth-order valence-corrected chi connectivity index (χ4v) is 2.37. The van der Waals surface area contributed by atoms with E-state index < -0.39 is 0 Å². The van der Waals surface area contributed by atoms with Crippen molar-refractivity contribution in [3.05, 3.63) is 59.7 Å². The van der Waals surface area contributed by atoms with Gasteiger partial charge in [0.15, 0.2) is 17.5 Å². The van der Waals surface area contributed by atoms with Crippen LogP contribution in [0.4, 0.5) is 0 Å². The molecule has 2 N–H and O–H groups in total. The molecule has 0 aliphatic rings. The third-order valence-electron chi connectivity index (χ3n) is 3.54. The average Bonchev–Trinajstić information content (AvgIpc) is 2.64. The highest BCUT2D eigenvalue weighted by molar-refractivity contribution is 14.0. The van der Waals surface area contributed by atoms with Gasteiger partial charge in [-0.3, -0.25) is 0 Å². The van der Waals surface area contributed by atoms with Crippen LogP contribution in [0.15, 0.2) is 53.5 Å². The summed E-state index contributed by atoms with van der Waals surface area (Å²) in [7, 11) is 3.29. The van der Waals surface area contributed by atoms with Gasteiger partial charge in [0.05, 0.1) is 20.8 Å². The molecule has 0 spiro atoms. The number of nitrogens with one attached hydrogen (secondary N) is 2. The zero-order valence-corrected chi connectivity index (χ0v) is 17.2. The minimum absolute atomic E-state index is 0. The molecule has 2 aromatic carbocycles. The molecule has 2 aromatic rings. The van der Waals surface area contributed by atoms with Crippen LogP contribution in [0, 0.1) is 0 Å². The molecule has 5 nitrogen and oxygen atoms in total. The topological polar surface area (TPSA) is 54.9 Å². The Bertz CT molecular complexity index is 663. The maximum atomic E-state index is 5.46. The van der Waals surface area contributed by atoms with Crippen LogP contribution in [0.5, 0.6) is 11.5 Å². The number of methoxy groups -OCH3 is 2. The zero-order chi connectivity index (χ0) is 17.2. The van der Waals surface area contributed by atoms with Crippen LogP contribution in [0.3, 0.4) is 0 Å². The lowest BCUT2D eigenvalue weighted by Crippen LogP contribution is -2.36. The number of guanidine groups is 1. The van der Waals surface area contributed by atoms with Gasteiger partial charge >= 0.3 is 0 Å². The van der Waals surface area contributed by atoms with Crippen LogP contribution >= 0.6 is 24.0 Å². The molecule has 0 saturated carbocycles. The molecule has 0 fully saturated rings. The van der Waals surface area contributed by atoms with Gasteiger partial charge in [-0.15, -0.1) is 24.0 Å². The van der Waals surface area contributed by atoms with E-state index in [0.29, 0.717) is 13.1 Å². The van der Waals surface area contributed by atoms with Gasteiger partial charge in [-0.2, -0.15) is 0 Å². The summed E-state index contributed by atoms with van der Waals surface area (Å²) in [6.07, 6.45) is 0. The standard InChI is InChI=1S/C19H25N3O2.HI/c1-4-20-19(21-13-15-9-6-5-7-10-15)22-14-16-11-8-12-17(23-2)18(16)24-3;/h5-12H,4,13-14H2,1-3H3,(H2,20,21,22);1H. The van der Waals surface area contributed by atoms with Gasteiger partial charge in [0.25, 0.3) is 0 Å². The molecule has 2 rings (SSSR count). The molecule has 136 valence electrons. The lowest BCUT2D eigenvalue weighted by atomic mass is 10.2. The molecule has 0 radical (unpaired) electrons. The third kappa shape index (κ3) is 6.45. The van der Waals surface area contributed by atoms with Crippen LogP contribution in [0.25, 0.3) is 0 Å². The average molecular weight is 455 g/mol. The molecule has 6 heteroatoms. The van der Waals surface area contributed by atoms with E-state index in [1.54, 1.807) is 14.2 Å². The summed E-state index contributed by atoms with van der Waals surface area (Å²) in [5.41, 5.74) is 2.19. The molecule has 0 saturated heterocycles. The number of nitrogens with zero attached hydrogens (tertiary/aromatic N) is 1. The van der Waals surface area contributed by atoms with Crippen molar-refractivity contribution in [1.29, 1.82) is 0 Å². The van der Waals surface area contributed by atoms with Crippen molar-refractivity contribution in [2.75, 3.05) is 20.8 Å². The molecule has 0 amide bonds. The Morgan fingerprint density at radius 1 is 0.960 bits per heavy atom. The molecule has 0 aliphatic carbocycles. The van der Waals surface area contributed by atoms with Crippen molar-refractivity contribution in [3.63, 3.8) is 0 Å². The number of ether oxygens (including phenoxy) is 2. The molecule has 0 atom stereocenters. The molecular formula is C19H26IN3O2. The number of benzene rings is 2. The fraction of sp³-hybridized carbons (Fsp3) is 0.316. The lowest BCUT2D eigenvalue weighted by Gasteiger charge is -2.15. The predicted molar refractivity (Wildman–Crippen MR) is 113 cm³/mol. The maximum absolute atomic E-state index is 5.46. The van der Waals surface area contributed by atoms with Crippen molar-refractivity contribution >= 4 is 29.9 Å². The molecule has 0 aromatic heterocycles. The Hall–Kier alpha value is -1.96. The van der Waals surface area contributed by atoms with Crippen LogP contribution in [0.2, 0.25) is 0 Å². The smallest absolute Gasteiger partial charge is 0.191 e. The van der Waals surface area contributed by atoms with E-state index in [-0.39, 0.29) is 24.0 Å². The Morgan fingerprint density at radius 2 is 1.72 bits per heavy atom. The van der Waals surface area contributed by atoms with Crippen LogP contribution < -0.4 is 20.1 Å². The van der Waals surface area contributed by atoms with E-state index in [2.05, 4.69) is 27.8 Å². The Labute approximate surface area is 166 Å². The minimum Gasteiger partial charge on any atom is -0.493 e. The number of hydrogen-bond acceptors (Lipinski definition) is 3. The van der Waals surface area contributed by atoms with Crippen molar-refractivity contribution in [2.24, 2.45) is 4.99 Å². The molecular weight excluding hydrogens is 429 g/mol. The zero-order valence-electron chi connectivity index (χ0n) is 14.9. The highest BCUT2D eigenvalue weighted by Gasteiger charge is 2.09. The molecule has 0 bridgehead atoms. The van der Waals surface area contributed by atoms with E-state index in [4.69, 9.17) is 9.47 Å². The van der Waals surface area contributed by atoms with Gasteiger partial charge in [-0.1, -0.05) is 42.5 Å². The van der Waals surface area contributed by atoms with Gasteiger partial charge in [0.2, 0.25) is 0 Å². The Morgan fingerprint density at radius 3 is 2.36 bits per heavy atom. The quantitative estimate of drug-likeness (QED) is 0.381. The second kappa shape index (κ2) is 11.6. The normalized spacial score (nSPS) is 10.6. The van der Waals surface area contributed by atoms with Gasteiger partial charge in [0, 0.05) is 18.7 Å². The summed E-state index contributed by atoms with van der Waals surface area (Å²) in [5, 5.41) is 6.59. The van der Waals surface area contributed by atoms with E-state index in [0.717, 1.165) is 29.6 Å². The first kappa shape index (κ1) is 21.1. The first-order chi connectivity index (χ1) is 11.8. The maximum Gasteiger partial charge on any atom is 0.191 e. The molecule has 0 heterocycles. The lowest BCUT2D eigenvalue weighted by molar-refractivity contribution is 0.351. The highest BCUT2D eigenvalue weighted by Crippen LogP contribution is 2.30. The van der Waals surface area contributed by atoms with Crippen LogP contribution in [-0.2, 0) is 13.1 Å². The second-order valence-electron chi connectivity index (χ2n) is 5.19. The Kier molecular flexibility index (Phi) is 9.76. The van der Waals surface area contributed by atoms with Crippen LogP contribution in [-0.4, -0.2) is 26.7 Å².